The van der Waals surface area contributed by atoms with Gasteiger partial charge in [-0.3, -0.25) is 0 Å². The van der Waals surface area contributed by atoms with Crippen LogP contribution in [0.1, 0.15) is 47.0 Å². The van der Waals surface area contributed by atoms with Crippen LogP contribution in [0.25, 0.3) is 0 Å². The van der Waals surface area contributed by atoms with Crippen molar-refractivity contribution in [1.29, 1.82) is 0 Å². The molecule has 1 nitrogen and oxygen atoms in total. The molecule has 6 atom stereocenters. The number of aliphatic hydroxyl groups excluding tert-OH is 1. The highest BCUT2D eigenvalue weighted by Crippen LogP contribution is 2.77. The number of hydrogen-bond acceptors (Lipinski definition) is 1. The van der Waals surface area contributed by atoms with Crippen molar-refractivity contribution in [2.45, 2.75) is 47.0 Å². The number of fused-ring (bicyclic) bond motifs is 1. The van der Waals surface area contributed by atoms with Gasteiger partial charge < -0.3 is 5.11 Å². The smallest absolute Gasteiger partial charge is 0.0459 e. The van der Waals surface area contributed by atoms with Crippen molar-refractivity contribution in [3.63, 3.8) is 0 Å². The molecule has 3 aliphatic carbocycles. The molecule has 0 saturated heterocycles. The average molecular weight is 222 g/mol. The predicted molar refractivity (Wildman–Crippen MR) is 65.9 cm³/mol. The molecule has 0 aliphatic heterocycles. The summed E-state index contributed by atoms with van der Waals surface area (Å²) >= 11 is 0. The molecule has 0 amide bonds. The highest BCUT2D eigenvalue weighted by atomic mass is 16.3. The lowest BCUT2D eigenvalue weighted by Crippen LogP contribution is -2.30. The van der Waals surface area contributed by atoms with Crippen LogP contribution in [-0.2, 0) is 0 Å². The van der Waals surface area contributed by atoms with E-state index >= 15 is 0 Å². The van der Waals surface area contributed by atoms with Crippen LogP contribution in [-0.4, -0.2) is 11.7 Å². The van der Waals surface area contributed by atoms with Gasteiger partial charge in [-0.25, -0.2) is 0 Å². The van der Waals surface area contributed by atoms with Crippen molar-refractivity contribution in [3.05, 3.63) is 0 Å². The Kier molecular flexibility index (Phi) is 2.11. The topological polar surface area (TPSA) is 20.2 Å². The Labute approximate surface area is 99.6 Å². The second-order valence-electron chi connectivity index (χ2n) is 7.61. The van der Waals surface area contributed by atoms with E-state index in [2.05, 4.69) is 27.7 Å². The largest absolute Gasteiger partial charge is 0.396 e. The molecule has 16 heavy (non-hydrogen) atoms. The van der Waals surface area contributed by atoms with Crippen LogP contribution in [0, 0.1) is 40.4 Å². The normalized spacial score (nSPS) is 54.6. The summed E-state index contributed by atoms with van der Waals surface area (Å²) in [5.41, 5.74) is 1.21. The summed E-state index contributed by atoms with van der Waals surface area (Å²) < 4.78 is 0. The molecule has 0 aromatic rings. The summed E-state index contributed by atoms with van der Waals surface area (Å²) in [6.45, 7) is 10.1. The fourth-order valence-corrected chi connectivity index (χ4v) is 4.81. The highest BCUT2D eigenvalue weighted by molar-refractivity contribution is 5.18. The minimum absolute atomic E-state index is 0.384. The van der Waals surface area contributed by atoms with Gasteiger partial charge in [0.05, 0.1) is 0 Å². The first-order chi connectivity index (χ1) is 7.41. The second-order valence-corrected chi connectivity index (χ2v) is 7.61. The maximum atomic E-state index is 9.25. The van der Waals surface area contributed by atoms with Crippen LogP contribution in [0.5, 0.6) is 0 Å². The van der Waals surface area contributed by atoms with Crippen molar-refractivity contribution in [3.8, 4) is 0 Å². The maximum absolute atomic E-state index is 9.25. The van der Waals surface area contributed by atoms with E-state index in [0.717, 1.165) is 23.7 Å². The summed E-state index contributed by atoms with van der Waals surface area (Å²) in [5, 5.41) is 9.25. The van der Waals surface area contributed by atoms with E-state index in [0.29, 0.717) is 23.4 Å². The molecule has 3 aliphatic rings. The Hall–Kier alpha value is -0.0400. The monoisotopic (exact) mass is 222 g/mol. The van der Waals surface area contributed by atoms with Gasteiger partial charge in [-0.2, -0.15) is 0 Å². The predicted octanol–water partition coefficient (Wildman–Crippen LogP) is 3.32. The fourth-order valence-electron chi connectivity index (χ4n) is 4.81. The molecule has 0 aromatic carbocycles. The minimum Gasteiger partial charge on any atom is -0.396 e. The molecule has 6 unspecified atom stereocenters. The van der Waals surface area contributed by atoms with Crippen LogP contribution in [0.3, 0.4) is 0 Å². The van der Waals surface area contributed by atoms with Gasteiger partial charge in [0.15, 0.2) is 0 Å². The van der Waals surface area contributed by atoms with Crippen LogP contribution in [0.2, 0.25) is 0 Å². The van der Waals surface area contributed by atoms with Crippen molar-refractivity contribution in [2.75, 3.05) is 6.61 Å². The third kappa shape index (κ3) is 1.21. The van der Waals surface area contributed by atoms with Gasteiger partial charge in [-0.15, -0.1) is 0 Å². The number of rotatable bonds is 3. The Balaban J connectivity index is 1.71. The Morgan fingerprint density at radius 1 is 1.25 bits per heavy atom. The first kappa shape index (κ1) is 11.1. The molecule has 1 N–H and O–H groups in total. The third-order valence-electron chi connectivity index (χ3n) is 6.78. The Morgan fingerprint density at radius 3 is 2.44 bits per heavy atom. The number of hydrogen-bond donors (Lipinski definition) is 1. The lowest BCUT2D eigenvalue weighted by atomic mass is 9.69. The quantitative estimate of drug-likeness (QED) is 0.776. The lowest BCUT2D eigenvalue weighted by Gasteiger charge is -2.36. The lowest BCUT2D eigenvalue weighted by molar-refractivity contribution is 0.118. The van der Waals surface area contributed by atoms with E-state index in [-0.39, 0.29) is 0 Å². The van der Waals surface area contributed by atoms with Crippen LogP contribution < -0.4 is 0 Å². The summed E-state index contributed by atoms with van der Waals surface area (Å²) in [7, 11) is 0. The fraction of sp³-hybridized carbons (Fsp3) is 1.00. The molecule has 0 radical (unpaired) electrons. The van der Waals surface area contributed by atoms with E-state index in [4.69, 9.17) is 0 Å². The summed E-state index contributed by atoms with van der Waals surface area (Å²) in [5.74, 6) is 4.26. The van der Waals surface area contributed by atoms with E-state index < -0.39 is 0 Å². The molecule has 92 valence electrons. The molecule has 0 heterocycles. The van der Waals surface area contributed by atoms with E-state index in [1.807, 2.05) is 0 Å². The molecular weight excluding hydrogens is 196 g/mol. The summed E-state index contributed by atoms with van der Waals surface area (Å²) in [4.78, 5) is 0. The van der Waals surface area contributed by atoms with E-state index in [9.17, 15) is 5.11 Å². The third-order valence-corrected chi connectivity index (χ3v) is 6.78. The molecule has 3 rings (SSSR count). The molecule has 3 fully saturated rings. The molecule has 0 aromatic heterocycles. The summed E-state index contributed by atoms with van der Waals surface area (Å²) in [6, 6.07) is 0. The Morgan fingerprint density at radius 2 is 1.94 bits per heavy atom. The van der Waals surface area contributed by atoms with Crippen molar-refractivity contribution in [2.24, 2.45) is 40.4 Å². The molecule has 1 heteroatoms. The molecule has 0 spiro atoms. The number of aliphatic hydroxyl groups is 1. The molecule has 0 bridgehead atoms. The van der Waals surface area contributed by atoms with Gasteiger partial charge in [0.1, 0.15) is 0 Å². The SMILES string of the molecule is CC(CO)C1CC1C1CC2CC2(C)C1(C)C. The standard InChI is InChI=1S/C15H26O/c1-9(8-16)11-6-12(11)13-5-10-7-15(10,4)14(13,2)3/h9-13,16H,5-8H2,1-4H3. The van der Waals surface area contributed by atoms with Gasteiger partial charge in [0, 0.05) is 6.61 Å². The first-order valence-electron chi connectivity index (χ1n) is 7.02. The second kappa shape index (κ2) is 3.04. The minimum atomic E-state index is 0.384. The average Bonchev–Trinajstić information content (AvgIpc) is 3.08. The highest BCUT2D eigenvalue weighted by Gasteiger charge is 2.70. The van der Waals surface area contributed by atoms with Crippen molar-refractivity contribution in [1.82, 2.24) is 0 Å². The summed E-state index contributed by atoms with van der Waals surface area (Å²) in [6.07, 6.45) is 4.34. The Bertz CT molecular complexity index is 309. The zero-order valence-corrected chi connectivity index (χ0v) is 11.2. The molecular formula is C15H26O. The maximum Gasteiger partial charge on any atom is 0.0459 e. The zero-order chi connectivity index (χ0) is 11.7. The van der Waals surface area contributed by atoms with Crippen molar-refractivity contribution < 1.29 is 5.11 Å². The van der Waals surface area contributed by atoms with Gasteiger partial charge in [0.2, 0.25) is 0 Å². The molecule has 3 saturated carbocycles. The van der Waals surface area contributed by atoms with Crippen LogP contribution in [0.15, 0.2) is 0 Å². The first-order valence-corrected chi connectivity index (χ1v) is 7.02. The van der Waals surface area contributed by atoms with E-state index in [1.54, 1.807) is 0 Å². The van der Waals surface area contributed by atoms with E-state index in [1.165, 1.54) is 19.3 Å². The van der Waals surface area contributed by atoms with Gasteiger partial charge >= 0.3 is 0 Å². The zero-order valence-electron chi connectivity index (χ0n) is 11.2. The van der Waals surface area contributed by atoms with Gasteiger partial charge in [-0.05, 0) is 59.7 Å². The van der Waals surface area contributed by atoms with Crippen LogP contribution in [0.4, 0.5) is 0 Å². The van der Waals surface area contributed by atoms with Gasteiger partial charge in [0.25, 0.3) is 0 Å². The van der Waals surface area contributed by atoms with Crippen LogP contribution >= 0.6 is 0 Å². The van der Waals surface area contributed by atoms with Gasteiger partial charge in [-0.1, -0.05) is 27.7 Å². The van der Waals surface area contributed by atoms with Crippen molar-refractivity contribution >= 4 is 0 Å².